The molecule has 1 aromatic heterocycles. The number of carbonyl (C=O) groups excluding carboxylic acids is 4. The number of primary amides is 1. The summed E-state index contributed by atoms with van der Waals surface area (Å²) in [5, 5.41) is 3.16. The van der Waals surface area contributed by atoms with Gasteiger partial charge in [0.25, 0.3) is 5.91 Å². The van der Waals surface area contributed by atoms with Crippen LogP contribution in [-0.4, -0.2) is 29.9 Å². The fourth-order valence-electron chi connectivity index (χ4n) is 3.12. The zero-order valence-electron chi connectivity index (χ0n) is 17.9. The summed E-state index contributed by atoms with van der Waals surface area (Å²) in [7, 11) is 0. The van der Waals surface area contributed by atoms with Crippen LogP contribution in [0, 0.1) is 6.92 Å². The highest BCUT2D eigenvalue weighted by Crippen LogP contribution is 2.24. The molecule has 3 rings (SSSR count). The van der Waals surface area contributed by atoms with E-state index < -0.39 is 29.9 Å². The van der Waals surface area contributed by atoms with E-state index in [1.54, 1.807) is 43.3 Å². The Hall–Kier alpha value is -4.34. The van der Waals surface area contributed by atoms with Gasteiger partial charge >= 0.3 is 12.0 Å². The molecule has 1 atom stereocenters. The Morgan fingerprint density at radius 2 is 1.70 bits per heavy atom. The van der Waals surface area contributed by atoms with Crippen LogP contribution in [-0.2, 0) is 20.9 Å². The molecule has 3 aromatic rings. The summed E-state index contributed by atoms with van der Waals surface area (Å²) >= 11 is 0. The quantitative estimate of drug-likeness (QED) is 0.384. The molecule has 5 N–H and O–H groups in total. The van der Waals surface area contributed by atoms with Crippen molar-refractivity contribution in [2.75, 3.05) is 0 Å². The molecule has 10 nitrogen and oxygen atoms in total. The van der Waals surface area contributed by atoms with Crippen molar-refractivity contribution in [2.24, 2.45) is 5.73 Å². The molecule has 2 aromatic carbocycles. The largest absolute Gasteiger partial charge is 0.451 e. The first-order valence-electron chi connectivity index (χ1n) is 10.2. The summed E-state index contributed by atoms with van der Waals surface area (Å²) in [4.78, 5) is 48.4. The van der Waals surface area contributed by atoms with Crippen LogP contribution in [0.25, 0.3) is 11.0 Å². The lowest BCUT2D eigenvalue weighted by atomic mass is 10.1. The number of para-hydroxylation sites is 1. The fraction of sp³-hybridized carbons (Fsp3) is 0.217. The van der Waals surface area contributed by atoms with Crippen LogP contribution >= 0.6 is 0 Å². The number of fused-ring (bicyclic) bond motifs is 1. The highest BCUT2D eigenvalue weighted by molar-refractivity contribution is 6.00. The second-order valence-electron chi connectivity index (χ2n) is 7.26. The van der Waals surface area contributed by atoms with E-state index in [1.165, 1.54) is 0 Å². The number of carbonyl (C=O) groups is 4. The van der Waals surface area contributed by atoms with Crippen molar-refractivity contribution in [3.63, 3.8) is 0 Å². The first kappa shape index (κ1) is 23.3. The van der Waals surface area contributed by atoms with Gasteiger partial charge in [0.1, 0.15) is 18.2 Å². The standard InChI is InChI=1S/C23H24N4O6/c1-14-16-9-5-6-10-18(16)33-20(14)22(30)27-26-21(29)17(11-12-19(24)28)25-23(31)32-13-15-7-3-2-4-8-15/h2-10,17H,11-13H2,1H3,(H2,24,28)(H,25,31)(H,26,29)(H,27,30)/t17-/m0/s1. The van der Waals surface area contributed by atoms with Crippen molar-refractivity contribution < 1.29 is 28.3 Å². The summed E-state index contributed by atoms with van der Waals surface area (Å²) in [6.45, 7) is 1.72. The molecule has 0 saturated carbocycles. The topological polar surface area (TPSA) is 153 Å². The lowest BCUT2D eigenvalue weighted by Crippen LogP contribution is -2.52. The molecule has 0 saturated heterocycles. The molecule has 0 aliphatic rings. The van der Waals surface area contributed by atoms with Crippen LogP contribution in [0.3, 0.4) is 0 Å². The zero-order chi connectivity index (χ0) is 23.8. The van der Waals surface area contributed by atoms with Crippen molar-refractivity contribution in [1.29, 1.82) is 0 Å². The van der Waals surface area contributed by atoms with Gasteiger partial charge in [0.15, 0.2) is 5.76 Å². The van der Waals surface area contributed by atoms with Crippen molar-refractivity contribution in [3.05, 3.63) is 71.5 Å². The molecule has 0 spiro atoms. The number of amides is 4. The Bertz CT molecular complexity index is 1160. The molecule has 4 amide bonds. The maximum atomic E-state index is 12.6. The number of furan rings is 1. The lowest BCUT2D eigenvalue weighted by Gasteiger charge is -2.18. The average Bonchev–Trinajstić information content (AvgIpc) is 3.16. The molecule has 0 aliphatic heterocycles. The maximum absolute atomic E-state index is 12.6. The highest BCUT2D eigenvalue weighted by atomic mass is 16.5. The first-order chi connectivity index (χ1) is 15.8. The molecule has 10 heteroatoms. The predicted octanol–water partition coefficient (Wildman–Crippen LogP) is 2.06. The smallest absolute Gasteiger partial charge is 0.408 e. The third kappa shape index (κ3) is 6.33. The number of hydrogen-bond donors (Lipinski definition) is 4. The molecular formula is C23H24N4O6. The number of hydrazine groups is 1. The number of nitrogens with two attached hydrogens (primary N) is 1. The summed E-state index contributed by atoms with van der Waals surface area (Å²) in [6.07, 6.45) is -1.10. The number of hydrogen-bond acceptors (Lipinski definition) is 6. The van der Waals surface area contributed by atoms with Gasteiger partial charge in [-0.2, -0.15) is 0 Å². The average molecular weight is 452 g/mol. The van der Waals surface area contributed by atoms with Gasteiger partial charge < -0.3 is 20.2 Å². The molecule has 0 fully saturated rings. The van der Waals surface area contributed by atoms with Crippen molar-refractivity contribution in [3.8, 4) is 0 Å². The Labute approximate surface area is 189 Å². The van der Waals surface area contributed by atoms with Crippen LogP contribution in [0.4, 0.5) is 4.79 Å². The van der Waals surface area contributed by atoms with Crippen LogP contribution in [0.2, 0.25) is 0 Å². The Morgan fingerprint density at radius 1 is 1.00 bits per heavy atom. The zero-order valence-corrected chi connectivity index (χ0v) is 17.9. The van der Waals surface area contributed by atoms with Gasteiger partial charge in [0.2, 0.25) is 5.91 Å². The van der Waals surface area contributed by atoms with Crippen LogP contribution < -0.4 is 21.9 Å². The van der Waals surface area contributed by atoms with Gasteiger partial charge in [-0.25, -0.2) is 4.79 Å². The van der Waals surface area contributed by atoms with E-state index in [0.29, 0.717) is 11.1 Å². The van der Waals surface area contributed by atoms with E-state index in [0.717, 1.165) is 10.9 Å². The maximum Gasteiger partial charge on any atom is 0.408 e. The van der Waals surface area contributed by atoms with Gasteiger partial charge in [-0.15, -0.1) is 0 Å². The number of rotatable bonds is 8. The summed E-state index contributed by atoms with van der Waals surface area (Å²) in [5.41, 5.74) is 11.6. The van der Waals surface area contributed by atoms with E-state index in [-0.39, 0.29) is 25.2 Å². The number of alkyl carbamates (subject to hydrolysis) is 1. The molecule has 0 bridgehead atoms. The number of aryl methyl sites for hydroxylation is 1. The van der Waals surface area contributed by atoms with E-state index in [2.05, 4.69) is 16.2 Å². The molecule has 172 valence electrons. The Morgan fingerprint density at radius 3 is 2.39 bits per heavy atom. The highest BCUT2D eigenvalue weighted by Gasteiger charge is 2.24. The molecule has 0 radical (unpaired) electrons. The predicted molar refractivity (Wildman–Crippen MR) is 119 cm³/mol. The normalized spacial score (nSPS) is 11.4. The first-order valence-corrected chi connectivity index (χ1v) is 10.2. The summed E-state index contributed by atoms with van der Waals surface area (Å²) < 4.78 is 10.7. The van der Waals surface area contributed by atoms with E-state index >= 15 is 0 Å². The van der Waals surface area contributed by atoms with Gasteiger partial charge in [-0.05, 0) is 25.0 Å². The van der Waals surface area contributed by atoms with Gasteiger partial charge in [0, 0.05) is 17.4 Å². The number of ether oxygens (including phenoxy) is 1. The molecular weight excluding hydrogens is 428 g/mol. The van der Waals surface area contributed by atoms with Crippen molar-refractivity contribution in [2.45, 2.75) is 32.4 Å². The van der Waals surface area contributed by atoms with Gasteiger partial charge in [0.05, 0.1) is 0 Å². The number of nitrogens with one attached hydrogen (secondary N) is 3. The molecule has 1 heterocycles. The minimum atomic E-state index is -1.17. The van der Waals surface area contributed by atoms with Crippen LogP contribution in [0.1, 0.15) is 34.5 Å². The second-order valence-corrected chi connectivity index (χ2v) is 7.26. The Kier molecular flexibility index (Phi) is 7.64. The van der Waals surface area contributed by atoms with Gasteiger partial charge in [-0.1, -0.05) is 48.5 Å². The van der Waals surface area contributed by atoms with E-state index in [4.69, 9.17) is 14.9 Å². The lowest BCUT2D eigenvalue weighted by molar-refractivity contribution is -0.124. The monoisotopic (exact) mass is 452 g/mol. The second kappa shape index (κ2) is 10.8. The molecule has 33 heavy (non-hydrogen) atoms. The number of benzene rings is 2. The summed E-state index contributed by atoms with van der Waals surface area (Å²) in [5.74, 6) is -2.03. The van der Waals surface area contributed by atoms with Crippen molar-refractivity contribution in [1.82, 2.24) is 16.2 Å². The molecule has 0 unspecified atom stereocenters. The van der Waals surface area contributed by atoms with Crippen LogP contribution in [0.5, 0.6) is 0 Å². The minimum Gasteiger partial charge on any atom is -0.451 e. The minimum absolute atomic E-state index is 0.00109. The van der Waals surface area contributed by atoms with E-state index in [1.807, 2.05) is 18.2 Å². The summed E-state index contributed by atoms with van der Waals surface area (Å²) in [6, 6.07) is 14.9. The SMILES string of the molecule is Cc1c(C(=O)NNC(=O)[C@H](CCC(N)=O)NC(=O)OCc2ccccc2)oc2ccccc12. The van der Waals surface area contributed by atoms with Crippen molar-refractivity contribution >= 4 is 34.8 Å². The third-order valence-corrected chi connectivity index (χ3v) is 4.85. The Balaban J connectivity index is 1.59. The molecule has 0 aliphatic carbocycles. The van der Waals surface area contributed by atoms with Gasteiger partial charge in [-0.3, -0.25) is 25.2 Å². The van der Waals surface area contributed by atoms with Crippen LogP contribution in [0.15, 0.2) is 59.0 Å². The third-order valence-electron chi connectivity index (χ3n) is 4.85. The van der Waals surface area contributed by atoms with E-state index in [9.17, 15) is 19.2 Å². The fourth-order valence-corrected chi connectivity index (χ4v) is 3.12.